The van der Waals surface area contributed by atoms with E-state index in [0.29, 0.717) is 10.6 Å². The minimum atomic E-state index is -0.252. The van der Waals surface area contributed by atoms with Gasteiger partial charge < -0.3 is 10.6 Å². The zero-order chi connectivity index (χ0) is 19.1. The van der Waals surface area contributed by atoms with Crippen molar-refractivity contribution < 1.29 is 9.59 Å². The molecule has 6 nitrogen and oxygen atoms in total. The van der Waals surface area contributed by atoms with Crippen LogP contribution >= 0.6 is 11.3 Å². The van der Waals surface area contributed by atoms with Crippen LogP contribution in [0.1, 0.15) is 69.4 Å². The van der Waals surface area contributed by atoms with Crippen LogP contribution in [0.3, 0.4) is 0 Å². The summed E-state index contributed by atoms with van der Waals surface area (Å²) in [6, 6.07) is 5.48. The molecule has 27 heavy (non-hydrogen) atoms. The first-order chi connectivity index (χ1) is 12.9. The number of fused-ring (bicyclic) bond motifs is 2. The summed E-state index contributed by atoms with van der Waals surface area (Å²) in [5, 5.41) is 7.40. The SMILES string of the molecule is Cc1cccc(C(=O)NC23CCCC(NC(=O)c4cnc(C)s4)(CC2)C3)n1. The van der Waals surface area contributed by atoms with Crippen molar-refractivity contribution in [2.45, 2.75) is 63.5 Å². The minimum Gasteiger partial charge on any atom is -0.346 e. The average Bonchev–Trinajstić information content (AvgIpc) is 3.16. The molecule has 0 radical (unpaired) electrons. The molecule has 2 amide bonds. The summed E-state index contributed by atoms with van der Waals surface area (Å²) >= 11 is 1.41. The number of hydrogen-bond acceptors (Lipinski definition) is 5. The van der Waals surface area contributed by atoms with Gasteiger partial charge in [0.05, 0.1) is 11.2 Å². The number of carbonyl (C=O) groups excluding carboxylic acids is 2. The molecule has 2 fully saturated rings. The number of aromatic nitrogens is 2. The molecule has 2 unspecified atom stereocenters. The number of aryl methyl sites for hydroxylation is 2. The van der Waals surface area contributed by atoms with E-state index in [9.17, 15) is 9.59 Å². The van der Waals surface area contributed by atoms with Crippen molar-refractivity contribution in [3.05, 3.63) is 45.7 Å². The molecule has 0 aliphatic heterocycles. The summed E-state index contributed by atoms with van der Waals surface area (Å²) in [6.45, 7) is 3.78. The van der Waals surface area contributed by atoms with Crippen LogP contribution in [0.2, 0.25) is 0 Å². The Morgan fingerprint density at radius 3 is 2.37 bits per heavy atom. The highest BCUT2D eigenvalue weighted by Gasteiger charge is 2.52. The highest BCUT2D eigenvalue weighted by molar-refractivity contribution is 7.13. The standard InChI is InChI=1S/C20H24N4O2S/c1-13-5-3-6-15(22-13)17(25)23-19-7-4-8-20(12-19,10-9-19)24-18(26)16-11-21-14(2)27-16/h3,5-6,11H,4,7-10,12H2,1-2H3,(H,23,25)(H,24,26). The zero-order valence-corrected chi connectivity index (χ0v) is 16.5. The largest absolute Gasteiger partial charge is 0.346 e. The molecule has 2 aromatic rings. The fraction of sp³-hybridized carbons (Fsp3) is 0.500. The number of hydrogen-bond donors (Lipinski definition) is 2. The zero-order valence-electron chi connectivity index (χ0n) is 15.7. The summed E-state index contributed by atoms with van der Waals surface area (Å²) in [4.78, 5) is 34.6. The number of amides is 2. The van der Waals surface area contributed by atoms with E-state index in [4.69, 9.17) is 0 Å². The lowest BCUT2D eigenvalue weighted by Gasteiger charge is -2.40. The molecule has 4 rings (SSSR count). The Kier molecular flexibility index (Phi) is 4.50. The van der Waals surface area contributed by atoms with E-state index in [1.807, 2.05) is 26.0 Å². The first-order valence-corrected chi connectivity index (χ1v) is 10.2. The van der Waals surface area contributed by atoms with Crippen LogP contribution in [0, 0.1) is 13.8 Å². The van der Waals surface area contributed by atoms with Crippen molar-refractivity contribution in [3.63, 3.8) is 0 Å². The summed E-state index contributed by atoms with van der Waals surface area (Å²) < 4.78 is 0. The minimum absolute atomic E-state index is 0.0509. The summed E-state index contributed by atoms with van der Waals surface area (Å²) in [6.07, 6.45) is 7.08. The van der Waals surface area contributed by atoms with Crippen molar-refractivity contribution in [1.29, 1.82) is 0 Å². The van der Waals surface area contributed by atoms with Gasteiger partial charge in [-0.1, -0.05) is 6.07 Å². The molecular formula is C20H24N4O2S. The van der Waals surface area contributed by atoms with Gasteiger partial charge >= 0.3 is 0 Å². The Morgan fingerprint density at radius 1 is 1.04 bits per heavy atom. The van der Waals surface area contributed by atoms with Crippen LogP contribution in [-0.4, -0.2) is 32.9 Å². The monoisotopic (exact) mass is 384 g/mol. The molecule has 2 aromatic heterocycles. The first-order valence-electron chi connectivity index (χ1n) is 9.40. The Bertz CT molecular complexity index is 896. The predicted molar refractivity (Wildman–Crippen MR) is 104 cm³/mol. The molecule has 2 heterocycles. The Morgan fingerprint density at radius 2 is 1.74 bits per heavy atom. The van der Waals surface area contributed by atoms with Gasteiger partial charge in [0.25, 0.3) is 11.8 Å². The topological polar surface area (TPSA) is 84.0 Å². The fourth-order valence-corrected chi connectivity index (χ4v) is 5.25. The second-order valence-corrected chi connectivity index (χ2v) is 9.14. The van der Waals surface area contributed by atoms with Crippen molar-refractivity contribution in [2.75, 3.05) is 0 Å². The van der Waals surface area contributed by atoms with Crippen molar-refractivity contribution in [3.8, 4) is 0 Å². The fourth-order valence-electron chi connectivity index (χ4n) is 4.58. The number of nitrogens with zero attached hydrogens (tertiary/aromatic N) is 2. The molecule has 2 aliphatic carbocycles. The van der Waals surface area contributed by atoms with E-state index in [2.05, 4.69) is 20.6 Å². The van der Waals surface area contributed by atoms with E-state index in [1.54, 1.807) is 12.3 Å². The van der Waals surface area contributed by atoms with E-state index in [0.717, 1.165) is 49.2 Å². The molecule has 2 N–H and O–H groups in total. The van der Waals surface area contributed by atoms with E-state index in [-0.39, 0.29) is 22.9 Å². The Balaban J connectivity index is 1.48. The van der Waals surface area contributed by atoms with E-state index >= 15 is 0 Å². The molecule has 142 valence electrons. The van der Waals surface area contributed by atoms with Crippen molar-refractivity contribution in [2.24, 2.45) is 0 Å². The molecule has 2 saturated carbocycles. The third-order valence-electron chi connectivity index (χ3n) is 5.79. The molecule has 2 atom stereocenters. The maximum absolute atomic E-state index is 12.7. The summed E-state index contributed by atoms with van der Waals surface area (Å²) in [5.41, 5.74) is 0.798. The first kappa shape index (κ1) is 18.1. The van der Waals surface area contributed by atoms with Crippen LogP contribution < -0.4 is 10.6 Å². The average molecular weight is 385 g/mol. The van der Waals surface area contributed by atoms with Crippen LogP contribution in [0.4, 0.5) is 0 Å². The van der Waals surface area contributed by atoms with Gasteiger partial charge in [-0.25, -0.2) is 9.97 Å². The number of rotatable bonds is 4. The highest BCUT2D eigenvalue weighted by atomic mass is 32.1. The third kappa shape index (κ3) is 3.60. The molecule has 0 spiro atoms. The van der Waals surface area contributed by atoms with Gasteiger partial charge in [0.15, 0.2) is 0 Å². The van der Waals surface area contributed by atoms with Gasteiger partial charge in [-0.2, -0.15) is 0 Å². The summed E-state index contributed by atoms with van der Waals surface area (Å²) in [7, 11) is 0. The van der Waals surface area contributed by atoms with E-state index < -0.39 is 0 Å². The second kappa shape index (κ2) is 6.71. The van der Waals surface area contributed by atoms with Crippen LogP contribution in [0.15, 0.2) is 24.4 Å². The van der Waals surface area contributed by atoms with Crippen LogP contribution in [0.25, 0.3) is 0 Å². The van der Waals surface area contributed by atoms with Gasteiger partial charge in [0, 0.05) is 16.8 Å². The van der Waals surface area contributed by atoms with Gasteiger partial charge in [0.1, 0.15) is 10.6 Å². The molecule has 7 heteroatoms. The number of nitrogens with one attached hydrogen (secondary N) is 2. The molecule has 0 saturated heterocycles. The molecule has 0 aromatic carbocycles. The quantitative estimate of drug-likeness (QED) is 0.848. The van der Waals surface area contributed by atoms with Crippen molar-refractivity contribution >= 4 is 23.2 Å². The van der Waals surface area contributed by atoms with Gasteiger partial charge in [-0.05, 0) is 64.5 Å². The molecular weight excluding hydrogens is 360 g/mol. The Labute approximate surface area is 162 Å². The maximum atomic E-state index is 12.7. The van der Waals surface area contributed by atoms with Gasteiger partial charge in [0.2, 0.25) is 0 Å². The number of pyridine rings is 1. The third-order valence-corrected chi connectivity index (χ3v) is 6.70. The predicted octanol–water partition coefficient (Wildman–Crippen LogP) is 3.16. The summed E-state index contributed by atoms with van der Waals surface area (Å²) in [5.74, 6) is -0.175. The van der Waals surface area contributed by atoms with E-state index in [1.165, 1.54) is 11.3 Å². The second-order valence-electron chi connectivity index (χ2n) is 7.91. The lowest BCUT2D eigenvalue weighted by Crippen LogP contribution is -2.55. The number of carbonyl (C=O) groups is 2. The van der Waals surface area contributed by atoms with Crippen molar-refractivity contribution in [1.82, 2.24) is 20.6 Å². The molecule has 2 aliphatic rings. The lowest BCUT2D eigenvalue weighted by atomic mass is 9.78. The van der Waals surface area contributed by atoms with Crippen LogP contribution in [-0.2, 0) is 0 Å². The Hall–Kier alpha value is -2.28. The smallest absolute Gasteiger partial charge is 0.270 e. The lowest BCUT2D eigenvalue weighted by molar-refractivity contribution is 0.0831. The molecule has 2 bridgehead atoms. The van der Waals surface area contributed by atoms with Crippen LogP contribution in [0.5, 0.6) is 0 Å². The number of thiazole rings is 1. The normalized spacial score (nSPS) is 26.6. The van der Waals surface area contributed by atoms with Gasteiger partial charge in [-0.3, -0.25) is 9.59 Å². The highest BCUT2D eigenvalue weighted by Crippen LogP contribution is 2.48. The maximum Gasteiger partial charge on any atom is 0.270 e. The van der Waals surface area contributed by atoms with Gasteiger partial charge in [-0.15, -0.1) is 11.3 Å².